The predicted molar refractivity (Wildman–Crippen MR) is 64.5 cm³/mol. The van der Waals surface area contributed by atoms with E-state index >= 15 is 0 Å². The van der Waals surface area contributed by atoms with Gasteiger partial charge in [0.15, 0.2) is 0 Å². The fraction of sp³-hybridized carbons (Fsp3) is 0.500. The molecule has 1 aliphatic rings. The minimum Gasteiger partial charge on any atom is -0.466 e. The first-order valence-electron chi connectivity index (χ1n) is 6.12. The molecule has 92 valence electrons. The van der Waals surface area contributed by atoms with Gasteiger partial charge in [-0.05, 0) is 37.3 Å². The molecule has 0 heterocycles. The predicted octanol–water partition coefficient (Wildman–Crippen LogP) is 2.16. The zero-order valence-corrected chi connectivity index (χ0v) is 10.1. The SMILES string of the molecule is CCOC(=O)CC1(O)CCCc2ccccc21. The number of aryl methyl sites for hydroxylation is 1. The van der Waals surface area contributed by atoms with E-state index in [4.69, 9.17) is 4.74 Å². The highest BCUT2D eigenvalue weighted by Gasteiger charge is 2.36. The summed E-state index contributed by atoms with van der Waals surface area (Å²) in [6, 6.07) is 7.80. The number of rotatable bonds is 3. The van der Waals surface area contributed by atoms with Gasteiger partial charge in [0.1, 0.15) is 5.60 Å². The van der Waals surface area contributed by atoms with Crippen LogP contribution >= 0.6 is 0 Å². The number of esters is 1. The minimum absolute atomic E-state index is 0.0534. The summed E-state index contributed by atoms with van der Waals surface area (Å²) in [6.07, 6.45) is 2.56. The lowest BCUT2D eigenvalue weighted by molar-refractivity contribution is -0.149. The Morgan fingerprint density at radius 1 is 1.47 bits per heavy atom. The van der Waals surface area contributed by atoms with Gasteiger partial charge in [0.05, 0.1) is 13.0 Å². The van der Waals surface area contributed by atoms with E-state index in [2.05, 4.69) is 0 Å². The molecular formula is C14H18O3. The second kappa shape index (κ2) is 4.88. The number of fused-ring (bicyclic) bond motifs is 1. The van der Waals surface area contributed by atoms with Crippen LogP contribution in [0.15, 0.2) is 24.3 Å². The molecule has 0 aromatic heterocycles. The molecule has 1 unspecified atom stereocenters. The average molecular weight is 234 g/mol. The third-order valence-electron chi connectivity index (χ3n) is 3.30. The van der Waals surface area contributed by atoms with Crippen molar-refractivity contribution < 1.29 is 14.6 Å². The van der Waals surface area contributed by atoms with Crippen LogP contribution in [0.3, 0.4) is 0 Å². The van der Waals surface area contributed by atoms with E-state index in [1.165, 1.54) is 0 Å². The Morgan fingerprint density at radius 3 is 3.00 bits per heavy atom. The second-order valence-corrected chi connectivity index (χ2v) is 4.52. The minimum atomic E-state index is -1.04. The molecular weight excluding hydrogens is 216 g/mol. The fourth-order valence-electron chi connectivity index (χ4n) is 2.53. The Balaban J connectivity index is 2.23. The lowest BCUT2D eigenvalue weighted by atomic mass is 9.77. The van der Waals surface area contributed by atoms with Gasteiger partial charge in [-0.15, -0.1) is 0 Å². The van der Waals surface area contributed by atoms with Gasteiger partial charge >= 0.3 is 5.97 Å². The van der Waals surface area contributed by atoms with Crippen LogP contribution in [0.4, 0.5) is 0 Å². The molecule has 1 aliphatic carbocycles. The van der Waals surface area contributed by atoms with Crippen LogP contribution in [0.25, 0.3) is 0 Å². The largest absolute Gasteiger partial charge is 0.466 e. The van der Waals surface area contributed by atoms with Crippen LogP contribution in [0.5, 0.6) is 0 Å². The summed E-state index contributed by atoms with van der Waals surface area (Å²) < 4.78 is 4.93. The van der Waals surface area contributed by atoms with Gasteiger partial charge in [-0.3, -0.25) is 4.79 Å². The molecule has 2 rings (SSSR count). The van der Waals surface area contributed by atoms with Crippen molar-refractivity contribution in [1.29, 1.82) is 0 Å². The molecule has 1 N–H and O–H groups in total. The molecule has 1 aromatic carbocycles. The van der Waals surface area contributed by atoms with E-state index in [0.717, 1.165) is 24.0 Å². The number of hydrogen-bond donors (Lipinski definition) is 1. The molecule has 3 nitrogen and oxygen atoms in total. The smallest absolute Gasteiger partial charge is 0.309 e. The van der Waals surface area contributed by atoms with Crippen LogP contribution < -0.4 is 0 Å². The summed E-state index contributed by atoms with van der Waals surface area (Å²) >= 11 is 0. The first-order chi connectivity index (χ1) is 8.15. The summed E-state index contributed by atoms with van der Waals surface area (Å²) in [5, 5.41) is 10.6. The van der Waals surface area contributed by atoms with Gasteiger partial charge in [0.25, 0.3) is 0 Å². The number of carbonyl (C=O) groups excluding carboxylic acids is 1. The highest BCUT2D eigenvalue weighted by atomic mass is 16.5. The Morgan fingerprint density at radius 2 is 2.24 bits per heavy atom. The van der Waals surface area contributed by atoms with Crippen LogP contribution in [-0.2, 0) is 21.6 Å². The standard InChI is InChI=1S/C14H18O3/c1-2-17-13(15)10-14(16)9-5-7-11-6-3-4-8-12(11)14/h3-4,6,8,16H,2,5,7,9-10H2,1H3. The number of benzene rings is 1. The van der Waals surface area contributed by atoms with Crippen LogP contribution in [-0.4, -0.2) is 17.7 Å². The summed E-state index contributed by atoms with van der Waals surface area (Å²) in [4.78, 5) is 11.5. The van der Waals surface area contributed by atoms with Crippen molar-refractivity contribution in [3.8, 4) is 0 Å². The van der Waals surface area contributed by atoms with E-state index in [-0.39, 0.29) is 12.4 Å². The van der Waals surface area contributed by atoms with Gasteiger partial charge in [-0.25, -0.2) is 0 Å². The third-order valence-corrected chi connectivity index (χ3v) is 3.30. The average Bonchev–Trinajstić information content (AvgIpc) is 2.29. The van der Waals surface area contributed by atoms with Gasteiger partial charge in [0.2, 0.25) is 0 Å². The van der Waals surface area contributed by atoms with Crippen molar-refractivity contribution in [3.63, 3.8) is 0 Å². The molecule has 0 aliphatic heterocycles. The first-order valence-corrected chi connectivity index (χ1v) is 6.12. The zero-order valence-electron chi connectivity index (χ0n) is 10.1. The fourth-order valence-corrected chi connectivity index (χ4v) is 2.53. The van der Waals surface area contributed by atoms with Crippen LogP contribution in [0.2, 0.25) is 0 Å². The number of carbonyl (C=O) groups is 1. The van der Waals surface area contributed by atoms with Crippen LogP contribution in [0, 0.1) is 0 Å². The van der Waals surface area contributed by atoms with Crippen molar-refractivity contribution in [2.24, 2.45) is 0 Å². The van der Waals surface area contributed by atoms with E-state index in [1.807, 2.05) is 24.3 Å². The molecule has 0 spiro atoms. The summed E-state index contributed by atoms with van der Waals surface area (Å²) in [7, 11) is 0. The first kappa shape index (κ1) is 12.1. The molecule has 0 saturated heterocycles. The highest BCUT2D eigenvalue weighted by Crippen LogP contribution is 2.37. The molecule has 1 atom stereocenters. The van der Waals surface area contributed by atoms with E-state index in [0.29, 0.717) is 13.0 Å². The summed E-state index contributed by atoms with van der Waals surface area (Å²) in [6.45, 7) is 2.13. The quantitative estimate of drug-likeness (QED) is 0.815. The van der Waals surface area contributed by atoms with Gasteiger partial charge in [-0.2, -0.15) is 0 Å². The molecule has 0 bridgehead atoms. The van der Waals surface area contributed by atoms with Crippen molar-refractivity contribution in [1.82, 2.24) is 0 Å². The zero-order chi connectivity index (χ0) is 12.3. The molecule has 0 amide bonds. The van der Waals surface area contributed by atoms with Crippen molar-refractivity contribution in [2.45, 2.75) is 38.2 Å². The van der Waals surface area contributed by atoms with Crippen molar-refractivity contribution >= 4 is 5.97 Å². The normalized spacial score (nSPS) is 22.9. The second-order valence-electron chi connectivity index (χ2n) is 4.52. The summed E-state index contributed by atoms with van der Waals surface area (Å²) in [5.74, 6) is -0.327. The molecule has 3 heteroatoms. The Hall–Kier alpha value is -1.35. The van der Waals surface area contributed by atoms with Gasteiger partial charge in [-0.1, -0.05) is 24.3 Å². The maximum atomic E-state index is 11.5. The van der Waals surface area contributed by atoms with E-state index in [1.54, 1.807) is 6.92 Å². The molecule has 0 fully saturated rings. The maximum Gasteiger partial charge on any atom is 0.309 e. The van der Waals surface area contributed by atoms with E-state index < -0.39 is 5.60 Å². The van der Waals surface area contributed by atoms with Crippen molar-refractivity contribution in [3.05, 3.63) is 35.4 Å². The third kappa shape index (κ3) is 2.50. The Bertz CT molecular complexity index is 414. The topological polar surface area (TPSA) is 46.5 Å². The highest BCUT2D eigenvalue weighted by molar-refractivity contribution is 5.71. The van der Waals surface area contributed by atoms with Crippen molar-refractivity contribution in [2.75, 3.05) is 6.61 Å². The monoisotopic (exact) mass is 234 g/mol. The van der Waals surface area contributed by atoms with Gasteiger partial charge in [0, 0.05) is 0 Å². The molecule has 0 saturated carbocycles. The lowest BCUT2D eigenvalue weighted by Gasteiger charge is -2.33. The summed E-state index contributed by atoms with van der Waals surface area (Å²) in [5.41, 5.74) is 0.992. The Kier molecular flexibility index (Phi) is 3.48. The number of aliphatic hydroxyl groups is 1. The van der Waals surface area contributed by atoms with Crippen LogP contribution in [0.1, 0.15) is 37.3 Å². The molecule has 0 radical (unpaired) electrons. The Labute approximate surface area is 101 Å². The lowest BCUT2D eigenvalue weighted by Crippen LogP contribution is -2.33. The molecule has 1 aromatic rings. The molecule has 17 heavy (non-hydrogen) atoms. The van der Waals surface area contributed by atoms with Gasteiger partial charge < -0.3 is 9.84 Å². The maximum absolute atomic E-state index is 11.5. The number of hydrogen-bond acceptors (Lipinski definition) is 3. The van der Waals surface area contributed by atoms with E-state index in [9.17, 15) is 9.90 Å². The number of ether oxygens (including phenoxy) is 1.